The fraction of sp³-hybridized carbons (Fsp3) is 0.300. The Morgan fingerprint density at radius 2 is 1.93 bits per heavy atom. The second-order valence-electron chi connectivity index (χ2n) is 7.04. The highest BCUT2D eigenvalue weighted by molar-refractivity contribution is 6.30. The Morgan fingerprint density at radius 1 is 1.17 bits per heavy atom. The summed E-state index contributed by atoms with van der Waals surface area (Å²) in [5.74, 6) is 1.46. The largest absolute Gasteiger partial charge is 0.365 e. The van der Waals surface area contributed by atoms with Crippen molar-refractivity contribution in [1.82, 2.24) is 24.8 Å². The SMILES string of the molecule is CC(C)C[C@@H](CNC(=O)c1ccc(Cl)cc1)Nc1cc(-n2ccnc2)nc(Cl)n1. The Morgan fingerprint density at radius 3 is 2.59 bits per heavy atom. The number of amides is 1. The maximum absolute atomic E-state index is 12.4. The van der Waals surface area contributed by atoms with Crippen molar-refractivity contribution in [3.63, 3.8) is 0 Å². The number of carbonyl (C=O) groups is 1. The number of aromatic nitrogens is 4. The summed E-state index contributed by atoms with van der Waals surface area (Å²) in [6, 6.07) is 8.55. The van der Waals surface area contributed by atoms with E-state index in [-0.39, 0.29) is 17.2 Å². The topological polar surface area (TPSA) is 84.7 Å². The van der Waals surface area contributed by atoms with Crippen LogP contribution in [-0.4, -0.2) is 38.0 Å². The summed E-state index contributed by atoms with van der Waals surface area (Å²) in [6.45, 7) is 4.68. The fourth-order valence-corrected chi connectivity index (χ4v) is 3.20. The van der Waals surface area contributed by atoms with Gasteiger partial charge in [0.1, 0.15) is 18.0 Å². The van der Waals surface area contributed by atoms with Crippen molar-refractivity contribution in [2.24, 2.45) is 5.92 Å². The Hall–Kier alpha value is -2.64. The molecule has 0 unspecified atom stereocenters. The van der Waals surface area contributed by atoms with Crippen LogP contribution in [0.25, 0.3) is 5.82 Å². The zero-order valence-electron chi connectivity index (χ0n) is 16.1. The Bertz CT molecular complexity index is 944. The molecular formula is C20H22Cl2N6O. The molecule has 0 saturated carbocycles. The van der Waals surface area contributed by atoms with Crippen molar-refractivity contribution < 1.29 is 4.79 Å². The summed E-state index contributed by atoms with van der Waals surface area (Å²) < 4.78 is 1.75. The summed E-state index contributed by atoms with van der Waals surface area (Å²) in [5.41, 5.74) is 0.560. The lowest BCUT2D eigenvalue weighted by atomic mass is 10.0. The van der Waals surface area contributed by atoms with Crippen LogP contribution in [0.5, 0.6) is 0 Å². The van der Waals surface area contributed by atoms with E-state index in [0.717, 1.165) is 6.42 Å². The van der Waals surface area contributed by atoms with E-state index < -0.39 is 0 Å². The Kier molecular flexibility index (Phi) is 7.06. The highest BCUT2D eigenvalue weighted by Gasteiger charge is 2.15. The molecule has 152 valence electrons. The molecule has 1 aromatic carbocycles. The number of carbonyl (C=O) groups excluding carboxylic acids is 1. The molecule has 29 heavy (non-hydrogen) atoms. The van der Waals surface area contributed by atoms with Crippen molar-refractivity contribution in [2.75, 3.05) is 11.9 Å². The van der Waals surface area contributed by atoms with Crippen LogP contribution in [0.3, 0.4) is 0 Å². The quantitative estimate of drug-likeness (QED) is 0.520. The maximum atomic E-state index is 12.4. The van der Waals surface area contributed by atoms with Gasteiger partial charge in [-0.2, -0.15) is 4.98 Å². The number of hydrogen-bond donors (Lipinski definition) is 2. The highest BCUT2D eigenvalue weighted by Crippen LogP contribution is 2.17. The summed E-state index contributed by atoms with van der Waals surface area (Å²) in [7, 11) is 0. The second-order valence-corrected chi connectivity index (χ2v) is 7.81. The molecule has 0 aliphatic heterocycles. The lowest BCUT2D eigenvalue weighted by Crippen LogP contribution is -2.37. The molecule has 3 aromatic rings. The van der Waals surface area contributed by atoms with Crippen molar-refractivity contribution >= 4 is 34.9 Å². The summed E-state index contributed by atoms with van der Waals surface area (Å²) in [4.78, 5) is 24.9. The zero-order chi connectivity index (χ0) is 20.8. The third-order valence-corrected chi connectivity index (χ3v) is 4.60. The molecule has 1 atom stereocenters. The van der Waals surface area contributed by atoms with E-state index in [1.54, 1.807) is 53.6 Å². The van der Waals surface area contributed by atoms with Gasteiger partial charge in [-0.15, -0.1) is 0 Å². The van der Waals surface area contributed by atoms with Gasteiger partial charge >= 0.3 is 0 Å². The number of imidazole rings is 1. The van der Waals surface area contributed by atoms with Crippen molar-refractivity contribution in [3.8, 4) is 5.82 Å². The van der Waals surface area contributed by atoms with E-state index >= 15 is 0 Å². The van der Waals surface area contributed by atoms with Gasteiger partial charge in [-0.1, -0.05) is 25.4 Å². The monoisotopic (exact) mass is 432 g/mol. The first-order valence-corrected chi connectivity index (χ1v) is 9.99. The first kappa shape index (κ1) is 21.1. The molecule has 2 heterocycles. The molecule has 0 fully saturated rings. The van der Waals surface area contributed by atoms with E-state index in [9.17, 15) is 4.79 Å². The number of nitrogens with one attached hydrogen (secondary N) is 2. The number of anilines is 1. The minimum Gasteiger partial charge on any atom is -0.365 e. The average molecular weight is 433 g/mol. The fourth-order valence-electron chi connectivity index (χ4n) is 2.90. The van der Waals surface area contributed by atoms with Crippen LogP contribution in [-0.2, 0) is 0 Å². The molecule has 1 amide bonds. The van der Waals surface area contributed by atoms with Gasteiger partial charge in [-0.3, -0.25) is 9.36 Å². The van der Waals surface area contributed by atoms with Gasteiger partial charge in [0.2, 0.25) is 5.28 Å². The number of halogens is 2. The lowest BCUT2D eigenvalue weighted by Gasteiger charge is -2.22. The van der Waals surface area contributed by atoms with Gasteiger partial charge in [-0.25, -0.2) is 9.97 Å². The molecule has 0 spiro atoms. The summed E-state index contributed by atoms with van der Waals surface area (Å²) in [6.07, 6.45) is 5.92. The van der Waals surface area contributed by atoms with Gasteiger partial charge < -0.3 is 10.6 Å². The molecule has 0 saturated heterocycles. The first-order valence-electron chi connectivity index (χ1n) is 9.24. The lowest BCUT2D eigenvalue weighted by molar-refractivity contribution is 0.0951. The molecule has 9 heteroatoms. The van der Waals surface area contributed by atoms with Crippen LogP contribution in [0, 0.1) is 5.92 Å². The van der Waals surface area contributed by atoms with Crippen molar-refractivity contribution in [2.45, 2.75) is 26.3 Å². The van der Waals surface area contributed by atoms with Crippen LogP contribution >= 0.6 is 23.2 Å². The van der Waals surface area contributed by atoms with Gasteiger partial charge in [0, 0.05) is 41.6 Å². The normalized spacial score (nSPS) is 12.0. The summed E-state index contributed by atoms with van der Waals surface area (Å²) in [5, 5.41) is 7.05. The van der Waals surface area contributed by atoms with E-state index in [1.165, 1.54) is 0 Å². The van der Waals surface area contributed by atoms with Gasteiger partial charge in [0.25, 0.3) is 5.91 Å². The molecule has 0 radical (unpaired) electrons. The molecular weight excluding hydrogens is 411 g/mol. The second kappa shape index (κ2) is 9.71. The first-order chi connectivity index (χ1) is 13.9. The van der Waals surface area contributed by atoms with E-state index in [2.05, 4.69) is 39.4 Å². The number of nitrogens with zero attached hydrogens (tertiary/aromatic N) is 4. The molecule has 2 N–H and O–H groups in total. The van der Waals surface area contributed by atoms with E-state index in [4.69, 9.17) is 23.2 Å². The highest BCUT2D eigenvalue weighted by atomic mass is 35.5. The zero-order valence-corrected chi connectivity index (χ0v) is 17.7. The molecule has 2 aromatic heterocycles. The average Bonchev–Trinajstić information content (AvgIpc) is 3.20. The van der Waals surface area contributed by atoms with Crippen LogP contribution in [0.2, 0.25) is 10.3 Å². The van der Waals surface area contributed by atoms with Gasteiger partial charge in [0.05, 0.1) is 0 Å². The Labute approximate surface area is 179 Å². The third-order valence-electron chi connectivity index (χ3n) is 4.18. The maximum Gasteiger partial charge on any atom is 0.251 e. The molecule has 0 bridgehead atoms. The molecule has 7 nitrogen and oxygen atoms in total. The minimum atomic E-state index is -0.156. The third kappa shape index (κ3) is 6.17. The summed E-state index contributed by atoms with van der Waals surface area (Å²) >= 11 is 12.0. The Balaban J connectivity index is 1.70. The van der Waals surface area contributed by atoms with Crippen molar-refractivity contribution in [1.29, 1.82) is 0 Å². The standard InChI is InChI=1S/C20H22Cl2N6O/c1-13(2)9-16(11-24-19(29)14-3-5-15(21)6-4-14)25-17-10-18(27-20(22)26-17)28-8-7-23-12-28/h3-8,10,12-13,16H,9,11H2,1-2H3,(H,24,29)(H,25,26,27)/t16-/m0/s1. The van der Waals surface area contributed by atoms with Crippen LogP contribution in [0.4, 0.5) is 5.82 Å². The van der Waals surface area contributed by atoms with Crippen LogP contribution in [0.15, 0.2) is 49.1 Å². The van der Waals surface area contributed by atoms with E-state index in [1.807, 2.05) is 0 Å². The van der Waals surface area contributed by atoms with Gasteiger partial charge in [-0.05, 0) is 48.2 Å². The molecule has 0 aliphatic carbocycles. The van der Waals surface area contributed by atoms with Crippen molar-refractivity contribution in [3.05, 3.63) is 64.9 Å². The smallest absolute Gasteiger partial charge is 0.251 e. The van der Waals surface area contributed by atoms with E-state index in [0.29, 0.717) is 34.7 Å². The number of rotatable bonds is 8. The molecule has 3 rings (SSSR count). The van der Waals surface area contributed by atoms with Crippen LogP contribution < -0.4 is 10.6 Å². The predicted molar refractivity (Wildman–Crippen MR) is 115 cm³/mol. The number of benzene rings is 1. The van der Waals surface area contributed by atoms with Gasteiger partial charge in [0.15, 0.2) is 0 Å². The van der Waals surface area contributed by atoms with Crippen LogP contribution in [0.1, 0.15) is 30.6 Å². The number of hydrogen-bond acceptors (Lipinski definition) is 5. The molecule has 0 aliphatic rings. The predicted octanol–water partition coefficient (Wildman–Crippen LogP) is 4.23. The minimum absolute atomic E-state index is 0.0344.